The van der Waals surface area contributed by atoms with Crippen LogP contribution in [-0.2, 0) is 9.53 Å². The molecule has 7 heteroatoms. The molecule has 0 aromatic rings. The van der Waals surface area contributed by atoms with E-state index in [1.165, 1.54) is 6.92 Å². The minimum Gasteiger partial charge on any atom is -0.392 e. The highest BCUT2D eigenvalue weighted by atomic mass is 19.4. The number of nitrogens with one attached hydrogen (secondary N) is 1. The van der Waals surface area contributed by atoms with E-state index in [0.29, 0.717) is 0 Å². The standard InChI is InChI=1S/C8H14F3NO3/c1-6(13)4-12-7(14)2-3-15-5-8(9,10)11/h6,13H,2-5H2,1H3,(H,12,14)/t6-/m0/s1. The SMILES string of the molecule is C[C@H](O)CNC(=O)CCOCC(F)(F)F. The van der Waals surface area contributed by atoms with Crippen molar-refractivity contribution in [2.75, 3.05) is 19.8 Å². The van der Waals surface area contributed by atoms with Gasteiger partial charge in [0.15, 0.2) is 0 Å². The van der Waals surface area contributed by atoms with Crippen LogP contribution >= 0.6 is 0 Å². The van der Waals surface area contributed by atoms with Crippen molar-refractivity contribution in [3.63, 3.8) is 0 Å². The van der Waals surface area contributed by atoms with Crippen molar-refractivity contribution in [3.8, 4) is 0 Å². The molecule has 0 unspecified atom stereocenters. The molecule has 0 rings (SSSR count). The molecule has 15 heavy (non-hydrogen) atoms. The molecule has 0 radical (unpaired) electrons. The van der Waals surface area contributed by atoms with Crippen LogP contribution in [0.2, 0.25) is 0 Å². The number of carbonyl (C=O) groups excluding carboxylic acids is 1. The van der Waals surface area contributed by atoms with Crippen LogP contribution in [0.4, 0.5) is 13.2 Å². The first-order valence-corrected chi connectivity index (χ1v) is 4.40. The molecule has 0 saturated heterocycles. The summed E-state index contributed by atoms with van der Waals surface area (Å²) in [5.41, 5.74) is 0. The summed E-state index contributed by atoms with van der Waals surface area (Å²) in [6.07, 6.45) is -5.19. The van der Waals surface area contributed by atoms with Crippen molar-refractivity contribution >= 4 is 5.91 Å². The van der Waals surface area contributed by atoms with Crippen LogP contribution in [-0.4, -0.2) is 43.1 Å². The van der Waals surface area contributed by atoms with Gasteiger partial charge in [-0.1, -0.05) is 0 Å². The topological polar surface area (TPSA) is 58.6 Å². The molecule has 0 aromatic heterocycles. The molecule has 0 aliphatic heterocycles. The van der Waals surface area contributed by atoms with Crippen LogP contribution in [0.3, 0.4) is 0 Å². The van der Waals surface area contributed by atoms with Crippen molar-refractivity contribution in [2.24, 2.45) is 0 Å². The quantitative estimate of drug-likeness (QED) is 0.650. The van der Waals surface area contributed by atoms with Gasteiger partial charge in [0, 0.05) is 13.0 Å². The van der Waals surface area contributed by atoms with E-state index in [-0.39, 0.29) is 19.6 Å². The predicted octanol–water partition coefficient (Wildman–Crippen LogP) is 0.452. The minimum absolute atomic E-state index is 0.0815. The number of aliphatic hydroxyl groups is 1. The number of alkyl halides is 3. The summed E-state index contributed by atoms with van der Waals surface area (Å²) in [6, 6.07) is 0. The van der Waals surface area contributed by atoms with Crippen LogP contribution in [0.15, 0.2) is 0 Å². The molecule has 0 heterocycles. The lowest BCUT2D eigenvalue weighted by atomic mass is 10.3. The van der Waals surface area contributed by atoms with Gasteiger partial charge in [-0.2, -0.15) is 13.2 Å². The van der Waals surface area contributed by atoms with E-state index in [2.05, 4.69) is 10.1 Å². The third kappa shape index (κ3) is 11.1. The molecule has 1 amide bonds. The van der Waals surface area contributed by atoms with Crippen molar-refractivity contribution < 1.29 is 27.8 Å². The fourth-order valence-electron chi connectivity index (χ4n) is 0.703. The van der Waals surface area contributed by atoms with Gasteiger partial charge in [0.2, 0.25) is 5.91 Å². The minimum atomic E-state index is -4.36. The maximum atomic E-state index is 11.6. The highest BCUT2D eigenvalue weighted by Gasteiger charge is 2.27. The summed E-state index contributed by atoms with van der Waals surface area (Å²) in [4.78, 5) is 10.9. The van der Waals surface area contributed by atoms with Crippen LogP contribution in [0, 0.1) is 0 Å². The van der Waals surface area contributed by atoms with Gasteiger partial charge in [-0.25, -0.2) is 0 Å². The van der Waals surface area contributed by atoms with Gasteiger partial charge in [0.25, 0.3) is 0 Å². The molecule has 90 valence electrons. The van der Waals surface area contributed by atoms with E-state index in [1.54, 1.807) is 0 Å². The maximum absolute atomic E-state index is 11.6. The Morgan fingerprint density at radius 2 is 2.13 bits per heavy atom. The van der Waals surface area contributed by atoms with Crippen LogP contribution in [0.1, 0.15) is 13.3 Å². The molecule has 0 bridgehead atoms. The maximum Gasteiger partial charge on any atom is 0.411 e. The molecular formula is C8H14F3NO3. The van der Waals surface area contributed by atoms with Gasteiger partial charge >= 0.3 is 6.18 Å². The van der Waals surface area contributed by atoms with Crippen LogP contribution in [0.25, 0.3) is 0 Å². The number of ether oxygens (including phenoxy) is 1. The molecule has 4 nitrogen and oxygen atoms in total. The number of hydrogen-bond acceptors (Lipinski definition) is 3. The first-order valence-electron chi connectivity index (χ1n) is 4.40. The Balaban J connectivity index is 3.40. The number of carbonyl (C=O) groups is 1. The van der Waals surface area contributed by atoms with Crippen molar-refractivity contribution in [1.29, 1.82) is 0 Å². The summed E-state index contributed by atoms with van der Waals surface area (Å²) < 4.78 is 39.0. The van der Waals surface area contributed by atoms with E-state index in [9.17, 15) is 18.0 Å². The predicted molar refractivity (Wildman–Crippen MR) is 46.2 cm³/mol. The molecule has 0 spiro atoms. The molecule has 0 aliphatic rings. The van der Waals surface area contributed by atoms with Crippen LogP contribution < -0.4 is 5.32 Å². The third-order valence-electron chi connectivity index (χ3n) is 1.33. The normalized spacial score (nSPS) is 13.7. The van der Waals surface area contributed by atoms with E-state index >= 15 is 0 Å². The summed E-state index contributed by atoms with van der Waals surface area (Å²) in [6.45, 7) is -0.0691. The Bertz CT molecular complexity index is 194. The van der Waals surface area contributed by atoms with E-state index in [0.717, 1.165) is 0 Å². The number of amides is 1. The van der Waals surface area contributed by atoms with Crippen molar-refractivity contribution in [2.45, 2.75) is 25.6 Å². The first-order chi connectivity index (χ1) is 6.81. The monoisotopic (exact) mass is 229 g/mol. The average molecular weight is 229 g/mol. The fourth-order valence-corrected chi connectivity index (χ4v) is 0.703. The zero-order valence-corrected chi connectivity index (χ0v) is 8.30. The molecular weight excluding hydrogens is 215 g/mol. The molecule has 1 atom stereocenters. The summed E-state index contributed by atoms with van der Waals surface area (Å²) >= 11 is 0. The van der Waals surface area contributed by atoms with Gasteiger partial charge in [0.05, 0.1) is 12.7 Å². The summed E-state index contributed by atoms with van der Waals surface area (Å²) in [7, 11) is 0. The van der Waals surface area contributed by atoms with E-state index in [4.69, 9.17) is 5.11 Å². The van der Waals surface area contributed by atoms with Gasteiger partial charge < -0.3 is 15.2 Å². The van der Waals surface area contributed by atoms with Crippen molar-refractivity contribution in [1.82, 2.24) is 5.32 Å². The van der Waals surface area contributed by atoms with Gasteiger partial charge in [-0.15, -0.1) is 0 Å². The lowest BCUT2D eigenvalue weighted by Crippen LogP contribution is -2.31. The second kappa shape index (κ2) is 6.62. The highest BCUT2D eigenvalue weighted by Crippen LogP contribution is 2.14. The Morgan fingerprint density at radius 3 is 2.60 bits per heavy atom. The van der Waals surface area contributed by atoms with Crippen molar-refractivity contribution in [3.05, 3.63) is 0 Å². The first kappa shape index (κ1) is 14.2. The molecule has 2 N–H and O–H groups in total. The number of aliphatic hydroxyl groups excluding tert-OH is 1. The van der Waals surface area contributed by atoms with Gasteiger partial charge in [-0.05, 0) is 6.92 Å². The van der Waals surface area contributed by atoms with Gasteiger partial charge in [-0.3, -0.25) is 4.79 Å². The Labute approximate surface area is 85.4 Å². The lowest BCUT2D eigenvalue weighted by Gasteiger charge is -2.08. The van der Waals surface area contributed by atoms with E-state index < -0.39 is 24.8 Å². The lowest BCUT2D eigenvalue weighted by molar-refractivity contribution is -0.174. The summed E-state index contributed by atoms with van der Waals surface area (Å²) in [5, 5.41) is 11.1. The second-order valence-corrected chi connectivity index (χ2v) is 3.07. The largest absolute Gasteiger partial charge is 0.411 e. The number of halogens is 3. The zero-order chi connectivity index (χ0) is 11.9. The third-order valence-corrected chi connectivity index (χ3v) is 1.33. The fraction of sp³-hybridized carbons (Fsp3) is 0.875. The zero-order valence-electron chi connectivity index (χ0n) is 8.30. The Hall–Kier alpha value is -0.820. The highest BCUT2D eigenvalue weighted by molar-refractivity contribution is 5.75. The smallest absolute Gasteiger partial charge is 0.392 e. The average Bonchev–Trinajstić information content (AvgIpc) is 2.07. The number of rotatable bonds is 6. The molecule has 0 saturated carbocycles. The Morgan fingerprint density at radius 1 is 1.53 bits per heavy atom. The molecule has 0 aromatic carbocycles. The Kier molecular flexibility index (Phi) is 6.26. The molecule has 0 fully saturated rings. The van der Waals surface area contributed by atoms with E-state index in [1.807, 2.05) is 0 Å². The molecule has 0 aliphatic carbocycles. The number of hydrogen-bond donors (Lipinski definition) is 2. The van der Waals surface area contributed by atoms with Crippen LogP contribution in [0.5, 0.6) is 0 Å². The second-order valence-electron chi connectivity index (χ2n) is 3.07. The van der Waals surface area contributed by atoms with Gasteiger partial charge in [0.1, 0.15) is 6.61 Å². The summed E-state index contributed by atoms with van der Waals surface area (Å²) in [5.74, 6) is -0.446.